The van der Waals surface area contributed by atoms with Crippen molar-refractivity contribution in [2.45, 2.75) is 6.04 Å². The van der Waals surface area contributed by atoms with E-state index in [1.807, 2.05) is 43.4 Å². The second-order valence-electron chi connectivity index (χ2n) is 6.92. The van der Waals surface area contributed by atoms with E-state index in [0.29, 0.717) is 6.61 Å². The molecule has 28 heavy (non-hydrogen) atoms. The highest BCUT2D eigenvalue weighted by atomic mass is 16.5. The number of anilines is 1. The molecule has 0 saturated carbocycles. The number of para-hydroxylation sites is 1. The van der Waals surface area contributed by atoms with Crippen LogP contribution in [0.3, 0.4) is 0 Å². The molecule has 4 rings (SSSR count). The number of phenols is 2. The highest BCUT2D eigenvalue weighted by molar-refractivity contribution is 5.80. The molecule has 0 saturated heterocycles. The largest absolute Gasteiger partial charge is 0.508 e. The summed E-state index contributed by atoms with van der Waals surface area (Å²) in [7, 11) is 1.94. The summed E-state index contributed by atoms with van der Waals surface area (Å²) in [4.78, 5) is 2.32. The van der Waals surface area contributed by atoms with Gasteiger partial charge in [0.05, 0.1) is 11.7 Å². The monoisotopic (exact) mass is 376 g/mol. The van der Waals surface area contributed by atoms with Crippen molar-refractivity contribution < 1.29 is 14.9 Å². The molecular formula is C23H24N2O3. The average Bonchev–Trinajstić information content (AvgIpc) is 2.71. The fraction of sp³-hybridized carbons (Fsp3) is 0.217. The number of fused-ring (bicyclic) bond motifs is 1. The molecule has 1 unspecified atom stereocenters. The molecule has 3 aromatic rings. The first-order valence-corrected chi connectivity index (χ1v) is 9.43. The van der Waals surface area contributed by atoms with E-state index in [1.165, 1.54) is 0 Å². The van der Waals surface area contributed by atoms with E-state index in [1.54, 1.807) is 24.3 Å². The number of benzene rings is 3. The van der Waals surface area contributed by atoms with Crippen molar-refractivity contribution in [3.8, 4) is 28.4 Å². The van der Waals surface area contributed by atoms with E-state index in [-0.39, 0.29) is 17.5 Å². The van der Waals surface area contributed by atoms with Gasteiger partial charge < -0.3 is 25.2 Å². The highest BCUT2D eigenvalue weighted by Crippen LogP contribution is 2.45. The maximum Gasteiger partial charge on any atom is 0.150 e. The standard InChI is InChI=1S/C23H24N2O3/c1-24-11-12-25-21-10-4-9-20(16-5-2-7-18(26)13-16)23(21)28-15-22(25)17-6-3-8-19(27)14-17/h2-10,13-14,22,24,26-27H,11-12,15H2,1H3. The van der Waals surface area contributed by atoms with Crippen LogP contribution in [0.2, 0.25) is 0 Å². The van der Waals surface area contributed by atoms with E-state index in [9.17, 15) is 10.2 Å². The minimum absolute atomic E-state index is 0.00683. The average molecular weight is 376 g/mol. The Bertz CT molecular complexity index is 974. The van der Waals surface area contributed by atoms with Crippen LogP contribution in [0.1, 0.15) is 11.6 Å². The lowest BCUT2D eigenvalue weighted by Gasteiger charge is -2.39. The number of ether oxygens (including phenoxy) is 1. The Hall–Kier alpha value is -3.18. The lowest BCUT2D eigenvalue weighted by Crippen LogP contribution is -2.40. The van der Waals surface area contributed by atoms with E-state index >= 15 is 0 Å². The SMILES string of the molecule is CNCCN1c2cccc(-c3cccc(O)c3)c2OCC1c1cccc(O)c1. The molecule has 0 aliphatic carbocycles. The minimum Gasteiger partial charge on any atom is -0.508 e. The molecule has 3 aromatic carbocycles. The zero-order valence-electron chi connectivity index (χ0n) is 15.8. The third-order valence-corrected chi connectivity index (χ3v) is 5.08. The Morgan fingerprint density at radius 3 is 2.50 bits per heavy atom. The fourth-order valence-electron chi connectivity index (χ4n) is 3.74. The quantitative estimate of drug-likeness (QED) is 0.630. The number of phenolic OH excluding ortho intramolecular Hbond substituents is 2. The molecule has 1 aliphatic heterocycles. The molecule has 0 fully saturated rings. The molecule has 0 amide bonds. The van der Waals surface area contributed by atoms with E-state index in [4.69, 9.17) is 4.74 Å². The number of hydrogen-bond acceptors (Lipinski definition) is 5. The van der Waals surface area contributed by atoms with Crippen LogP contribution in [0.15, 0.2) is 66.7 Å². The number of aromatic hydroxyl groups is 2. The van der Waals surface area contributed by atoms with Crippen LogP contribution in [-0.4, -0.2) is 37.0 Å². The zero-order valence-corrected chi connectivity index (χ0v) is 15.8. The predicted octanol–water partition coefficient (Wildman–Crippen LogP) is 3.92. The van der Waals surface area contributed by atoms with Gasteiger partial charge in [-0.3, -0.25) is 0 Å². The van der Waals surface area contributed by atoms with Crippen molar-refractivity contribution >= 4 is 5.69 Å². The Labute approximate surface area is 164 Å². The van der Waals surface area contributed by atoms with Crippen molar-refractivity contribution in [2.24, 2.45) is 0 Å². The minimum atomic E-state index is 0.00683. The smallest absolute Gasteiger partial charge is 0.150 e. The van der Waals surface area contributed by atoms with Crippen LogP contribution in [-0.2, 0) is 0 Å². The molecular weight excluding hydrogens is 352 g/mol. The van der Waals surface area contributed by atoms with Crippen molar-refractivity contribution in [3.63, 3.8) is 0 Å². The van der Waals surface area contributed by atoms with Gasteiger partial charge >= 0.3 is 0 Å². The summed E-state index contributed by atoms with van der Waals surface area (Å²) in [6, 6.07) is 20.7. The fourth-order valence-corrected chi connectivity index (χ4v) is 3.74. The molecule has 5 heteroatoms. The summed E-state index contributed by atoms with van der Waals surface area (Å²) < 4.78 is 6.24. The lowest BCUT2D eigenvalue weighted by molar-refractivity contribution is 0.264. The molecule has 1 heterocycles. The van der Waals surface area contributed by atoms with Gasteiger partial charge in [0.1, 0.15) is 18.1 Å². The first-order valence-electron chi connectivity index (χ1n) is 9.43. The van der Waals surface area contributed by atoms with Gasteiger partial charge in [0.2, 0.25) is 0 Å². The molecule has 3 N–H and O–H groups in total. The van der Waals surface area contributed by atoms with Crippen LogP contribution in [0.4, 0.5) is 5.69 Å². The van der Waals surface area contributed by atoms with Gasteiger partial charge in [0, 0.05) is 18.7 Å². The van der Waals surface area contributed by atoms with E-state index < -0.39 is 0 Å². The van der Waals surface area contributed by atoms with Gasteiger partial charge in [0.15, 0.2) is 5.75 Å². The molecule has 5 nitrogen and oxygen atoms in total. The first kappa shape index (κ1) is 18.2. The van der Waals surface area contributed by atoms with Gasteiger partial charge in [-0.1, -0.05) is 36.4 Å². The van der Waals surface area contributed by atoms with Crippen LogP contribution in [0.5, 0.6) is 17.2 Å². The number of hydrogen-bond donors (Lipinski definition) is 3. The van der Waals surface area contributed by atoms with Crippen molar-refractivity contribution in [1.82, 2.24) is 5.32 Å². The molecule has 1 atom stereocenters. The summed E-state index contributed by atoms with van der Waals surface area (Å²) in [6.45, 7) is 2.11. The molecule has 1 aliphatic rings. The summed E-state index contributed by atoms with van der Waals surface area (Å²) in [5.74, 6) is 1.31. The van der Waals surface area contributed by atoms with Crippen molar-refractivity contribution in [1.29, 1.82) is 0 Å². The van der Waals surface area contributed by atoms with Gasteiger partial charge in [-0.15, -0.1) is 0 Å². The number of rotatable bonds is 5. The third-order valence-electron chi connectivity index (χ3n) is 5.08. The Balaban J connectivity index is 1.78. The third kappa shape index (κ3) is 3.49. The molecule has 0 radical (unpaired) electrons. The Morgan fingerprint density at radius 2 is 1.75 bits per heavy atom. The lowest BCUT2D eigenvalue weighted by atomic mass is 9.98. The van der Waals surface area contributed by atoms with Gasteiger partial charge in [-0.25, -0.2) is 0 Å². The van der Waals surface area contributed by atoms with Gasteiger partial charge in [0.25, 0.3) is 0 Å². The predicted molar refractivity (Wildman–Crippen MR) is 111 cm³/mol. The Morgan fingerprint density at radius 1 is 1.00 bits per heavy atom. The second-order valence-corrected chi connectivity index (χ2v) is 6.92. The van der Waals surface area contributed by atoms with Crippen LogP contribution < -0.4 is 15.0 Å². The summed E-state index contributed by atoms with van der Waals surface area (Å²) in [5, 5.41) is 23.0. The molecule has 0 spiro atoms. The highest BCUT2D eigenvalue weighted by Gasteiger charge is 2.30. The number of likely N-dealkylation sites (N-methyl/N-ethyl adjacent to an activating group) is 1. The van der Waals surface area contributed by atoms with Crippen molar-refractivity contribution in [2.75, 3.05) is 31.6 Å². The van der Waals surface area contributed by atoms with Crippen LogP contribution in [0.25, 0.3) is 11.1 Å². The summed E-state index contributed by atoms with van der Waals surface area (Å²) >= 11 is 0. The number of nitrogens with one attached hydrogen (secondary N) is 1. The zero-order chi connectivity index (χ0) is 19.5. The molecule has 0 bridgehead atoms. The second kappa shape index (κ2) is 7.82. The first-order chi connectivity index (χ1) is 13.7. The van der Waals surface area contributed by atoms with Crippen LogP contribution >= 0.6 is 0 Å². The van der Waals surface area contributed by atoms with Gasteiger partial charge in [-0.05, 0) is 48.5 Å². The summed E-state index contributed by atoms with van der Waals surface area (Å²) in [5.41, 5.74) is 3.90. The van der Waals surface area contributed by atoms with E-state index in [2.05, 4.69) is 16.3 Å². The maximum absolute atomic E-state index is 9.92. The normalized spacial score (nSPS) is 15.8. The number of nitrogens with zero attached hydrogens (tertiary/aromatic N) is 1. The summed E-state index contributed by atoms with van der Waals surface area (Å²) in [6.07, 6.45) is 0. The van der Waals surface area contributed by atoms with Crippen molar-refractivity contribution in [3.05, 3.63) is 72.3 Å². The van der Waals surface area contributed by atoms with Gasteiger partial charge in [-0.2, -0.15) is 0 Å². The van der Waals surface area contributed by atoms with Crippen LogP contribution in [0, 0.1) is 0 Å². The Kier molecular flexibility index (Phi) is 5.08. The van der Waals surface area contributed by atoms with E-state index in [0.717, 1.165) is 41.2 Å². The molecule has 0 aromatic heterocycles. The molecule has 144 valence electrons. The topological polar surface area (TPSA) is 65.0 Å². The maximum atomic E-state index is 9.92.